The zero-order valence-electron chi connectivity index (χ0n) is 8.55. The molecule has 0 aromatic carbocycles. The third kappa shape index (κ3) is 1.99. The summed E-state index contributed by atoms with van der Waals surface area (Å²) in [5.41, 5.74) is 0.498. The Bertz CT molecular complexity index is 369. The first-order valence-electron chi connectivity index (χ1n) is 5.00. The van der Waals surface area contributed by atoms with Crippen LogP contribution >= 0.6 is 0 Å². The molecule has 0 spiro atoms. The molecule has 1 aromatic rings. The number of rotatable bonds is 2. The molecule has 2 rings (SSSR count). The van der Waals surface area contributed by atoms with E-state index in [0.29, 0.717) is 12.3 Å². The molecule has 6 nitrogen and oxygen atoms in total. The minimum atomic E-state index is -0.415. The molecule has 0 aliphatic carbocycles. The van der Waals surface area contributed by atoms with Crippen molar-refractivity contribution in [2.75, 3.05) is 6.61 Å². The van der Waals surface area contributed by atoms with E-state index in [-0.39, 0.29) is 11.9 Å². The molecule has 0 saturated carbocycles. The fourth-order valence-corrected chi connectivity index (χ4v) is 1.73. The molecule has 0 bridgehead atoms. The van der Waals surface area contributed by atoms with Crippen LogP contribution in [-0.4, -0.2) is 21.3 Å². The normalized spacial score (nSPS) is 21.5. The minimum Gasteiger partial charge on any atom is -0.357 e. The lowest BCUT2D eigenvalue weighted by molar-refractivity contribution is -0.385. The number of nitro groups is 1. The lowest BCUT2D eigenvalue weighted by Crippen LogP contribution is -2.18. The Hall–Kier alpha value is -1.43. The number of aromatic nitrogens is 2. The molecule has 15 heavy (non-hydrogen) atoms. The second kappa shape index (κ2) is 3.98. The maximum absolute atomic E-state index is 10.6. The van der Waals surface area contributed by atoms with Gasteiger partial charge in [-0.05, 0) is 26.2 Å². The number of aryl methyl sites for hydroxylation is 1. The molecule has 1 aliphatic rings. The van der Waals surface area contributed by atoms with E-state index in [1.165, 1.54) is 6.20 Å². The first-order valence-corrected chi connectivity index (χ1v) is 5.00. The molecule has 1 aliphatic heterocycles. The first-order chi connectivity index (χ1) is 7.18. The summed E-state index contributed by atoms with van der Waals surface area (Å²) in [6.45, 7) is 2.34. The Morgan fingerprint density at radius 3 is 3.00 bits per heavy atom. The van der Waals surface area contributed by atoms with Crippen LogP contribution in [-0.2, 0) is 4.74 Å². The van der Waals surface area contributed by atoms with Gasteiger partial charge in [-0.1, -0.05) is 0 Å². The van der Waals surface area contributed by atoms with Crippen LogP contribution in [0.1, 0.15) is 31.2 Å². The van der Waals surface area contributed by atoms with Crippen LogP contribution in [0, 0.1) is 17.0 Å². The summed E-state index contributed by atoms with van der Waals surface area (Å²) >= 11 is 0. The van der Waals surface area contributed by atoms with Crippen molar-refractivity contribution in [1.82, 2.24) is 9.78 Å². The molecule has 0 N–H and O–H groups in total. The van der Waals surface area contributed by atoms with E-state index in [0.717, 1.165) is 19.3 Å². The fourth-order valence-electron chi connectivity index (χ4n) is 1.73. The molecule has 6 heteroatoms. The van der Waals surface area contributed by atoms with E-state index < -0.39 is 4.92 Å². The Morgan fingerprint density at radius 2 is 2.47 bits per heavy atom. The summed E-state index contributed by atoms with van der Waals surface area (Å²) in [5.74, 6) is 0. The van der Waals surface area contributed by atoms with Crippen LogP contribution in [0.5, 0.6) is 0 Å². The summed E-state index contributed by atoms with van der Waals surface area (Å²) in [7, 11) is 0. The van der Waals surface area contributed by atoms with Gasteiger partial charge in [-0.2, -0.15) is 5.10 Å². The van der Waals surface area contributed by atoms with E-state index in [1.54, 1.807) is 11.6 Å². The number of ether oxygens (including phenoxy) is 1. The summed E-state index contributed by atoms with van der Waals surface area (Å²) in [6, 6.07) is 0. The van der Waals surface area contributed by atoms with Gasteiger partial charge in [-0.15, -0.1) is 0 Å². The number of nitrogens with zero attached hydrogens (tertiary/aromatic N) is 3. The van der Waals surface area contributed by atoms with Crippen molar-refractivity contribution < 1.29 is 9.66 Å². The average Bonchev–Trinajstić information content (AvgIpc) is 2.62. The quantitative estimate of drug-likeness (QED) is 0.552. The van der Waals surface area contributed by atoms with Gasteiger partial charge in [0.05, 0.1) is 4.92 Å². The lowest BCUT2D eigenvalue weighted by Gasteiger charge is -2.22. The predicted octanol–water partition coefficient (Wildman–Crippen LogP) is 1.80. The molecule has 1 unspecified atom stereocenters. The zero-order chi connectivity index (χ0) is 10.8. The SMILES string of the molecule is Cc1nn(C2CCCCO2)cc1[N+](=O)[O-]. The highest BCUT2D eigenvalue weighted by Gasteiger charge is 2.22. The van der Waals surface area contributed by atoms with Crippen molar-refractivity contribution in [2.24, 2.45) is 0 Å². The standard InChI is InChI=1S/C9H13N3O3/c1-7-8(12(13)14)6-11(10-7)9-4-2-3-5-15-9/h6,9H,2-5H2,1H3. The van der Waals surface area contributed by atoms with E-state index in [1.807, 2.05) is 0 Å². The van der Waals surface area contributed by atoms with Gasteiger partial charge in [0.25, 0.3) is 0 Å². The molecule has 1 atom stereocenters. The first kappa shape index (κ1) is 10.1. The van der Waals surface area contributed by atoms with Crippen LogP contribution in [0.2, 0.25) is 0 Å². The second-order valence-electron chi connectivity index (χ2n) is 3.66. The minimum absolute atomic E-state index is 0.0594. The highest BCUT2D eigenvalue weighted by molar-refractivity contribution is 5.31. The number of hydrogen-bond acceptors (Lipinski definition) is 4. The zero-order valence-corrected chi connectivity index (χ0v) is 8.55. The van der Waals surface area contributed by atoms with E-state index in [9.17, 15) is 10.1 Å². The third-order valence-corrected chi connectivity index (χ3v) is 2.54. The fraction of sp³-hybridized carbons (Fsp3) is 0.667. The molecule has 82 valence electrons. The number of hydrogen-bond donors (Lipinski definition) is 0. The monoisotopic (exact) mass is 211 g/mol. The van der Waals surface area contributed by atoms with Gasteiger partial charge < -0.3 is 4.74 Å². The van der Waals surface area contributed by atoms with Gasteiger partial charge in [0.15, 0.2) is 0 Å². The Labute approximate surface area is 87.0 Å². The van der Waals surface area contributed by atoms with Crippen molar-refractivity contribution >= 4 is 5.69 Å². The summed E-state index contributed by atoms with van der Waals surface area (Å²) in [5, 5.41) is 14.7. The van der Waals surface area contributed by atoms with Crippen LogP contribution in [0.3, 0.4) is 0 Å². The predicted molar refractivity (Wildman–Crippen MR) is 52.5 cm³/mol. The van der Waals surface area contributed by atoms with Crippen molar-refractivity contribution in [1.29, 1.82) is 0 Å². The maximum Gasteiger partial charge on any atom is 0.309 e. The van der Waals surface area contributed by atoms with Crippen molar-refractivity contribution in [3.63, 3.8) is 0 Å². The van der Waals surface area contributed by atoms with Crippen molar-refractivity contribution in [3.8, 4) is 0 Å². The van der Waals surface area contributed by atoms with Crippen molar-refractivity contribution in [2.45, 2.75) is 32.4 Å². The van der Waals surface area contributed by atoms with Crippen molar-refractivity contribution in [3.05, 3.63) is 22.0 Å². The summed E-state index contributed by atoms with van der Waals surface area (Å²) in [6.07, 6.45) is 4.32. The molecule has 0 radical (unpaired) electrons. The topological polar surface area (TPSA) is 70.2 Å². The smallest absolute Gasteiger partial charge is 0.309 e. The van der Waals surface area contributed by atoms with Gasteiger partial charge in [-0.3, -0.25) is 10.1 Å². The summed E-state index contributed by atoms with van der Waals surface area (Å²) < 4.78 is 7.05. The largest absolute Gasteiger partial charge is 0.357 e. The molecule has 1 aromatic heterocycles. The van der Waals surface area contributed by atoms with Crippen LogP contribution in [0.4, 0.5) is 5.69 Å². The van der Waals surface area contributed by atoms with E-state index in [4.69, 9.17) is 4.74 Å². The summed E-state index contributed by atoms with van der Waals surface area (Å²) in [4.78, 5) is 10.2. The molecule has 1 fully saturated rings. The van der Waals surface area contributed by atoms with Gasteiger partial charge in [0.1, 0.15) is 18.1 Å². The highest BCUT2D eigenvalue weighted by atomic mass is 16.6. The van der Waals surface area contributed by atoms with Gasteiger partial charge >= 0.3 is 5.69 Å². The molecular formula is C9H13N3O3. The van der Waals surface area contributed by atoms with E-state index in [2.05, 4.69) is 5.10 Å². The lowest BCUT2D eigenvalue weighted by atomic mass is 10.2. The van der Waals surface area contributed by atoms with Gasteiger partial charge in [0.2, 0.25) is 0 Å². The molecule has 1 saturated heterocycles. The molecule has 0 amide bonds. The maximum atomic E-state index is 10.6. The average molecular weight is 211 g/mol. The second-order valence-corrected chi connectivity index (χ2v) is 3.66. The van der Waals surface area contributed by atoms with E-state index >= 15 is 0 Å². The Balaban J connectivity index is 2.21. The van der Waals surface area contributed by atoms with Crippen LogP contribution in [0.15, 0.2) is 6.20 Å². The highest BCUT2D eigenvalue weighted by Crippen LogP contribution is 2.25. The van der Waals surface area contributed by atoms with Gasteiger partial charge in [0, 0.05) is 6.61 Å². The third-order valence-electron chi connectivity index (χ3n) is 2.54. The van der Waals surface area contributed by atoms with Crippen LogP contribution < -0.4 is 0 Å². The van der Waals surface area contributed by atoms with Gasteiger partial charge in [-0.25, -0.2) is 4.68 Å². The van der Waals surface area contributed by atoms with Crippen LogP contribution in [0.25, 0.3) is 0 Å². The molecule has 2 heterocycles. The molecular weight excluding hydrogens is 198 g/mol. The Morgan fingerprint density at radius 1 is 1.67 bits per heavy atom. The Kier molecular flexibility index (Phi) is 2.68.